The van der Waals surface area contributed by atoms with Gasteiger partial charge in [0.05, 0.1) is 15.7 Å². The highest BCUT2D eigenvalue weighted by Crippen LogP contribution is 2.39. The minimum Gasteiger partial charge on any atom is -0.150 e. The molecule has 5 aromatic rings. The third-order valence-electron chi connectivity index (χ3n) is 5.15. The van der Waals surface area contributed by atoms with Gasteiger partial charge in [-0.1, -0.05) is 102 Å². The highest BCUT2D eigenvalue weighted by atomic mass is 35.5. The maximum Gasteiger partial charge on any atom is 0.102 e. The van der Waals surface area contributed by atoms with Crippen molar-refractivity contribution in [2.45, 2.75) is 0 Å². The smallest absolute Gasteiger partial charge is 0.102 e. The van der Waals surface area contributed by atoms with Gasteiger partial charge >= 0.3 is 0 Å². The number of hydrogen-bond donors (Lipinski definition) is 0. The Hall–Kier alpha value is -3.20. The van der Waals surface area contributed by atoms with E-state index in [1.807, 2.05) is 60.7 Å². The summed E-state index contributed by atoms with van der Waals surface area (Å²) < 4.78 is 0. The second-order valence-corrected chi connectivity index (χ2v) is 7.79. The van der Waals surface area contributed by atoms with Crippen molar-refractivity contribution in [1.82, 2.24) is 10.2 Å². The van der Waals surface area contributed by atoms with E-state index in [-0.39, 0.29) is 0 Å². The van der Waals surface area contributed by atoms with E-state index in [4.69, 9.17) is 23.2 Å². The number of aromatic nitrogens is 2. The number of fused-ring (bicyclic) bond motifs is 1. The molecular formula is C26H16Cl2N2. The standard InChI is InChI=1S/C26H16Cl2N2/c27-23-14-5-3-11-20(23)25-16-22(19-13-7-9-17-8-1-2-10-18(17)19)26(30-29-25)21-12-4-6-15-24(21)28/h1-16H. The normalized spacial score (nSPS) is 11.0. The van der Waals surface area contributed by atoms with E-state index in [0.717, 1.165) is 44.4 Å². The van der Waals surface area contributed by atoms with E-state index in [1.54, 1.807) is 0 Å². The summed E-state index contributed by atoms with van der Waals surface area (Å²) in [5.74, 6) is 0. The summed E-state index contributed by atoms with van der Waals surface area (Å²) in [6, 6.07) is 32.0. The van der Waals surface area contributed by atoms with Gasteiger partial charge < -0.3 is 0 Å². The second-order valence-electron chi connectivity index (χ2n) is 6.98. The van der Waals surface area contributed by atoms with Crippen LogP contribution < -0.4 is 0 Å². The Morgan fingerprint density at radius 1 is 0.500 bits per heavy atom. The van der Waals surface area contributed by atoms with Gasteiger partial charge in [-0.2, -0.15) is 0 Å². The summed E-state index contributed by atoms with van der Waals surface area (Å²) in [7, 11) is 0. The molecule has 0 bridgehead atoms. The molecule has 2 nitrogen and oxygen atoms in total. The average molecular weight is 427 g/mol. The summed E-state index contributed by atoms with van der Waals surface area (Å²) in [4.78, 5) is 0. The lowest BCUT2D eigenvalue weighted by Crippen LogP contribution is -1.97. The fourth-order valence-electron chi connectivity index (χ4n) is 3.71. The Balaban J connectivity index is 1.83. The molecule has 1 heterocycles. The molecule has 0 unspecified atom stereocenters. The molecule has 30 heavy (non-hydrogen) atoms. The molecule has 5 rings (SSSR count). The van der Waals surface area contributed by atoms with E-state index in [1.165, 1.54) is 0 Å². The summed E-state index contributed by atoms with van der Waals surface area (Å²) in [5, 5.41) is 12.7. The zero-order valence-electron chi connectivity index (χ0n) is 15.9. The van der Waals surface area contributed by atoms with Crippen LogP contribution in [0.5, 0.6) is 0 Å². The van der Waals surface area contributed by atoms with E-state index in [9.17, 15) is 0 Å². The molecule has 0 N–H and O–H groups in total. The molecule has 0 atom stereocenters. The average Bonchev–Trinajstić information content (AvgIpc) is 2.79. The zero-order valence-corrected chi connectivity index (χ0v) is 17.4. The first kappa shape index (κ1) is 18.8. The quantitative estimate of drug-likeness (QED) is 0.292. The zero-order chi connectivity index (χ0) is 20.5. The van der Waals surface area contributed by atoms with E-state index >= 15 is 0 Å². The minimum absolute atomic E-state index is 0.638. The predicted octanol–water partition coefficient (Wildman–Crippen LogP) is 7.94. The SMILES string of the molecule is Clc1ccccc1-c1cc(-c2cccc3ccccc23)c(-c2ccccc2Cl)nn1. The second kappa shape index (κ2) is 7.91. The molecule has 0 saturated heterocycles. The Morgan fingerprint density at radius 3 is 1.87 bits per heavy atom. The molecule has 0 aliphatic carbocycles. The van der Waals surface area contributed by atoms with Crippen LogP contribution in [0.25, 0.3) is 44.4 Å². The molecule has 0 radical (unpaired) electrons. The Morgan fingerprint density at radius 2 is 1.10 bits per heavy atom. The Bertz CT molecular complexity index is 1370. The van der Waals surface area contributed by atoms with E-state index in [2.05, 4.69) is 46.6 Å². The molecule has 0 spiro atoms. The van der Waals surface area contributed by atoms with Crippen LogP contribution in [0.1, 0.15) is 0 Å². The first-order valence-electron chi connectivity index (χ1n) is 9.58. The van der Waals surface area contributed by atoms with Crippen LogP contribution in [0, 0.1) is 0 Å². The molecule has 0 aliphatic heterocycles. The lowest BCUT2D eigenvalue weighted by molar-refractivity contribution is 1.05. The highest BCUT2D eigenvalue weighted by molar-refractivity contribution is 6.34. The lowest BCUT2D eigenvalue weighted by atomic mass is 9.94. The van der Waals surface area contributed by atoms with Crippen molar-refractivity contribution in [3.63, 3.8) is 0 Å². The highest BCUT2D eigenvalue weighted by Gasteiger charge is 2.17. The lowest BCUT2D eigenvalue weighted by Gasteiger charge is -2.14. The van der Waals surface area contributed by atoms with Crippen molar-refractivity contribution in [2.75, 3.05) is 0 Å². The van der Waals surface area contributed by atoms with Crippen molar-refractivity contribution in [1.29, 1.82) is 0 Å². The van der Waals surface area contributed by atoms with Crippen LogP contribution >= 0.6 is 23.2 Å². The number of benzene rings is 4. The number of halogens is 2. The van der Waals surface area contributed by atoms with Gasteiger partial charge in [0.2, 0.25) is 0 Å². The van der Waals surface area contributed by atoms with E-state index in [0.29, 0.717) is 10.0 Å². The number of nitrogens with zero attached hydrogens (tertiary/aromatic N) is 2. The van der Waals surface area contributed by atoms with Crippen LogP contribution in [0.15, 0.2) is 97.1 Å². The van der Waals surface area contributed by atoms with Gasteiger partial charge in [0.15, 0.2) is 0 Å². The van der Waals surface area contributed by atoms with E-state index < -0.39 is 0 Å². The van der Waals surface area contributed by atoms with Gasteiger partial charge in [-0.05, 0) is 34.5 Å². The largest absolute Gasteiger partial charge is 0.150 e. The van der Waals surface area contributed by atoms with Crippen molar-refractivity contribution in [3.05, 3.63) is 107 Å². The number of rotatable bonds is 3. The molecule has 4 aromatic carbocycles. The molecule has 144 valence electrons. The maximum atomic E-state index is 6.53. The topological polar surface area (TPSA) is 25.8 Å². The molecule has 0 aliphatic rings. The Labute approximate surface area is 184 Å². The first-order chi connectivity index (χ1) is 14.7. The molecule has 0 fully saturated rings. The van der Waals surface area contributed by atoms with Crippen LogP contribution in [-0.2, 0) is 0 Å². The predicted molar refractivity (Wildman–Crippen MR) is 126 cm³/mol. The summed E-state index contributed by atoms with van der Waals surface area (Å²) in [6.07, 6.45) is 0. The van der Waals surface area contributed by atoms with Crippen LogP contribution in [-0.4, -0.2) is 10.2 Å². The van der Waals surface area contributed by atoms with Crippen molar-refractivity contribution in [3.8, 4) is 33.6 Å². The minimum atomic E-state index is 0.638. The fraction of sp³-hybridized carbons (Fsp3) is 0. The van der Waals surface area contributed by atoms with Gasteiger partial charge in [-0.15, -0.1) is 10.2 Å². The van der Waals surface area contributed by atoms with Gasteiger partial charge in [0, 0.05) is 16.7 Å². The Kier molecular flexibility index (Phi) is 4.96. The summed E-state index contributed by atoms with van der Waals surface area (Å²) >= 11 is 13.0. The van der Waals surface area contributed by atoms with Crippen LogP contribution in [0.4, 0.5) is 0 Å². The van der Waals surface area contributed by atoms with Crippen molar-refractivity contribution >= 4 is 34.0 Å². The molecule has 4 heteroatoms. The molecule has 1 aromatic heterocycles. The van der Waals surface area contributed by atoms with Gasteiger partial charge in [0.25, 0.3) is 0 Å². The fourth-order valence-corrected chi connectivity index (χ4v) is 4.17. The van der Waals surface area contributed by atoms with Crippen LogP contribution in [0.2, 0.25) is 10.0 Å². The monoisotopic (exact) mass is 426 g/mol. The van der Waals surface area contributed by atoms with Gasteiger partial charge in [-0.3, -0.25) is 0 Å². The number of hydrogen-bond acceptors (Lipinski definition) is 2. The third kappa shape index (κ3) is 3.35. The van der Waals surface area contributed by atoms with Crippen molar-refractivity contribution in [2.24, 2.45) is 0 Å². The summed E-state index contributed by atoms with van der Waals surface area (Å²) in [6.45, 7) is 0. The summed E-state index contributed by atoms with van der Waals surface area (Å²) in [5.41, 5.74) is 5.20. The van der Waals surface area contributed by atoms with Gasteiger partial charge in [-0.25, -0.2) is 0 Å². The maximum absolute atomic E-state index is 6.53. The molecule has 0 amide bonds. The van der Waals surface area contributed by atoms with Crippen LogP contribution in [0.3, 0.4) is 0 Å². The first-order valence-corrected chi connectivity index (χ1v) is 10.3. The molecular weight excluding hydrogens is 411 g/mol. The van der Waals surface area contributed by atoms with Crippen molar-refractivity contribution < 1.29 is 0 Å². The molecule has 0 saturated carbocycles. The van der Waals surface area contributed by atoms with Gasteiger partial charge in [0.1, 0.15) is 5.69 Å². The third-order valence-corrected chi connectivity index (χ3v) is 5.81.